The lowest BCUT2D eigenvalue weighted by Gasteiger charge is -2.23. The lowest BCUT2D eigenvalue weighted by atomic mass is 10.2. The SMILES string of the molecule is CC(C)C(=O)N1CCCN(C(=O)CCOc2ccccc2)CC1. The number of carbonyl (C=O) groups is 2. The Labute approximate surface area is 138 Å². The third kappa shape index (κ3) is 5.27. The summed E-state index contributed by atoms with van der Waals surface area (Å²) in [5.74, 6) is 1.06. The Morgan fingerprint density at radius 2 is 1.70 bits per heavy atom. The van der Waals surface area contributed by atoms with E-state index in [0.29, 0.717) is 32.7 Å². The van der Waals surface area contributed by atoms with Crippen LogP contribution in [-0.2, 0) is 9.59 Å². The topological polar surface area (TPSA) is 49.9 Å². The molecule has 1 heterocycles. The van der Waals surface area contributed by atoms with Crippen molar-refractivity contribution in [3.8, 4) is 5.75 Å². The van der Waals surface area contributed by atoms with Gasteiger partial charge in [-0.15, -0.1) is 0 Å². The Kier molecular flexibility index (Phi) is 6.44. The molecule has 126 valence electrons. The zero-order valence-corrected chi connectivity index (χ0v) is 14.0. The highest BCUT2D eigenvalue weighted by molar-refractivity contribution is 5.79. The number of hydrogen-bond acceptors (Lipinski definition) is 3. The smallest absolute Gasteiger partial charge is 0.226 e. The van der Waals surface area contributed by atoms with E-state index in [1.807, 2.05) is 54.0 Å². The Balaban J connectivity index is 1.76. The van der Waals surface area contributed by atoms with E-state index in [1.54, 1.807) is 0 Å². The Morgan fingerprint density at radius 1 is 1.04 bits per heavy atom. The highest BCUT2D eigenvalue weighted by Crippen LogP contribution is 2.11. The van der Waals surface area contributed by atoms with Crippen molar-refractivity contribution in [2.75, 3.05) is 32.8 Å². The molecule has 5 heteroatoms. The summed E-state index contributed by atoms with van der Waals surface area (Å²) in [6, 6.07) is 9.51. The Morgan fingerprint density at radius 3 is 2.39 bits per heavy atom. The third-order valence-electron chi connectivity index (χ3n) is 3.98. The number of para-hydroxylation sites is 1. The summed E-state index contributed by atoms with van der Waals surface area (Å²) in [6.45, 7) is 6.90. The summed E-state index contributed by atoms with van der Waals surface area (Å²) in [6.07, 6.45) is 1.21. The predicted octanol–water partition coefficient (Wildman–Crippen LogP) is 2.17. The molecule has 1 aliphatic rings. The first-order valence-electron chi connectivity index (χ1n) is 8.32. The minimum atomic E-state index is 0.0107. The van der Waals surface area contributed by atoms with Crippen LogP contribution in [0.15, 0.2) is 30.3 Å². The maximum absolute atomic E-state index is 12.3. The number of amides is 2. The van der Waals surface area contributed by atoms with Crippen LogP contribution in [0.4, 0.5) is 0 Å². The molecule has 0 radical (unpaired) electrons. The van der Waals surface area contributed by atoms with Crippen LogP contribution in [0, 0.1) is 5.92 Å². The van der Waals surface area contributed by atoms with Crippen molar-refractivity contribution in [1.29, 1.82) is 0 Å². The van der Waals surface area contributed by atoms with Crippen molar-refractivity contribution in [2.45, 2.75) is 26.7 Å². The van der Waals surface area contributed by atoms with Gasteiger partial charge in [-0.2, -0.15) is 0 Å². The first kappa shape index (κ1) is 17.3. The van der Waals surface area contributed by atoms with E-state index in [4.69, 9.17) is 4.74 Å². The van der Waals surface area contributed by atoms with E-state index >= 15 is 0 Å². The van der Waals surface area contributed by atoms with E-state index in [2.05, 4.69) is 0 Å². The molecule has 2 amide bonds. The molecular formula is C18H26N2O3. The van der Waals surface area contributed by atoms with Crippen molar-refractivity contribution in [3.05, 3.63) is 30.3 Å². The maximum atomic E-state index is 12.3. The number of ether oxygens (including phenoxy) is 1. The molecule has 0 aromatic heterocycles. The van der Waals surface area contributed by atoms with Crippen LogP contribution in [0.3, 0.4) is 0 Å². The number of rotatable bonds is 5. The molecule has 0 unspecified atom stereocenters. The van der Waals surface area contributed by atoms with Crippen LogP contribution in [-0.4, -0.2) is 54.4 Å². The standard InChI is InChI=1S/C18H26N2O3/c1-15(2)18(22)20-11-6-10-19(12-13-20)17(21)9-14-23-16-7-4-3-5-8-16/h3-5,7-8,15H,6,9-14H2,1-2H3. The van der Waals surface area contributed by atoms with E-state index in [-0.39, 0.29) is 17.7 Å². The molecule has 1 aromatic rings. The van der Waals surface area contributed by atoms with Gasteiger partial charge in [-0.1, -0.05) is 32.0 Å². The van der Waals surface area contributed by atoms with Gasteiger partial charge >= 0.3 is 0 Å². The summed E-state index contributed by atoms with van der Waals surface area (Å²) in [4.78, 5) is 28.1. The highest BCUT2D eigenvalue weighted by Gasteiger charge is 2.23. The summed E-state index contributed by atoms with van der Waals surface area (Å²) in [7, 11) is 0. The molecule has 0 bridgehead atoms. The van der Waals surface area contributed by atoms with Gasteiger partial charge in [-0.05, 0) is 18.6 Å². The second-order valence-electron chi connectivity index (χ2n) is 6.13. The number of nitrogens with zero attached hydrogens (tertiary/aromatic N) is 2. The lowest BCUT2D eigenvalue weighted by Crippen LogP contribution is -2.39. The molecule has 1 saturated heterocycles. The van der Waals surface area contributed by atoms with Gasteiger partial charge in [0.2, 0.25) is 11.8 Å². The Hall–Kier alpha value is -2.04. The van der Waals surface area contributed by atoms with Crippen LogP contribution in [0.2, 0.25) is 0 Å². The molecule has 0 atom stereocenters. The molecule has 0 aliphatic carbocycles. The van der Waals surface area contributed by atoms with E-state index < -0.39 is 0 Å². The summed E-state index contributed by atoms with van der Waals surface area (Å²) in [5, 5.41) is 0. The number of carbonyl (C=O) groups excluding carboxylic acids is 2. The maximum Gasteiger partial charge on any atom is 0.226 e. The van der Waals surface area contributed by atoms with Gasteiger partial charge in [0, 0.05) is 32.1 Å². The molecule has 1 fully saturated rings. The van der Waals surface area contributed by atoms with Crippen molar-refractivity contribution in [2.24, 2.45) is 5.92 Å². The van der Waals surface area contributed by atoms with E-state index in [1.165, 1.54) is 0 Å². The van der Waals surface area contributed by atoms with Crippen molar-refractivity contribution < 1.29 is 14.3 Å². The predicted molar refractivity (Wildman–Crippen MR) is 89.2 cm³/mol. The van der Waals surface area contributed by atoms with Crippen LogP contribution < -0.4 is 4.74 Å². The van der Waals surface area contributed by atoms with Crippen LogP contribution in [0.1, 0.15) is 26.7 Å². The largest absolute Gasteiger partial charge is 0.493 e. The van der Waals surface area contributed by atoms with Gasteiger partial charge in [-0.25, -0.2) is 0 Å². The average Bonchev–Trinajstić information content (AvgIpc) is 2.81. The van der Waals surface area contributed by atoms with Crippen molar-refractivity contribution >= 4 is 11.8 Å². The fourth-order valence-corrected chi connectivity index (χ4v) is 2.68. The van der Waals surface area contributed by atoms with Crippen LogP contribution in [0.25, 0.3) is 0 Å². The van der Waals surface area contributed by atoms with E-state index in [9.17, 15) is 9.59 Å². The van der Waals surface area contributed by atoms with Gasteiger partial charge in [0.05, 0.1) is 13.0 Å². The third-order valence-corrected chi connectivity index (χ3v) is 3.98. The fraction of sp³-hybridized carbons (Fsp3) is 0.556. The second kappa shape index (κ2) is 8.56. The fourth-order valence-electron chi connectivity index (χ4n) is 2.68. The van der Waals surface area contributed by atoms with Crippen LogP contribution in [0.5, 0.6) is 5.75 Å². The van der Waals surface area contributed by atoms with Gasteiger partial charge < -0.3 is 14.5 Å². The monoisotopic (exact) mass is 318 g/mol. The lowest BCUT2D eigenvalue weighted by molar-refractivity contribution is -0.135. The number of hydrogen-bond donors (Lipinski definition) is 0. The second-order valence-corrected chi connectivity index (χ2v) is 6.13. The Bertz CT molecular complexity index is 516. The van der Waals surface area contributed by atoms with Crippen molar-refractivity contribution in [3.63, 3.8) is 0 Å². The van der Waals surface area contributed by atoms with Crippen LogP contribution >= 0.6 is 0 Å². The van der Waals surface area contributed by atoms with Gasteiger partial charge in [0.15, 0.2) is 0 Å². The molecular weight excluding hydrogens is 292 g/mol. The normalized spacial score (nSPS) is 15.4. The quantitative estimate of drug-likeness (QED) is 0.836. The first-order chi connectivity index (χ1) is 11.1. The minimum absolute atomic E-state index is 0.0107. The minimum Gasteiger partial charge on any atom is -0.493 e. The number of benzene rings is 1. The van der Waals surface area contributed by atoms with Gasteiger partial charge in [-0.3, -0.25) is 9.59 Å². The van der Waals surface area contributed by atoms with E-state index in [0.717, 1.165) is 18.7 Å². The molecule has 5 nitrogen and oxygen atoms in total. The molecule has 0 spiro atoms. The molecule has 1 aliphatic heterocycles. The summed E-state index contributed by atoms with van der Waals surface area (Å²) >= 11 is 0. The zero-order valence-electron chi connectivity index (χ0n) is 14.0. The first-order valence-corrected chi connectivity index (χ1v) is 8.32. The van der Waals surface area contributed by atoms with Gasteiger partial charge in [0.25, 0.3) is 0 Å². The highest BCUT2D eigenvalue weighted by atomic mass is 16.5. The van der Waals surface area contributed by atoms with Crippen molar-refractivity contribution in [1.82, 2.24) is 9.80 Å². The molecule has 1 aromatic carbocycles. The average molecular weight is 318 g/mol. The summed E-state index contributed by atoms with van der Waals surface area (Å²) in [5.41, 5.74) is 0. The zero-order chi connectivity index (χ0) is 16.7. The van der Waals surface area contributed by atoms with Gasteiger partial charge in [0.1, 0.15) is 5.75 Å². The molecule has 0 saturated carbocycles. The molecule has 0 N–H and O–H groups in total. The molecule has 2 rings (SSSR count). The molecule has 23 heavy (non-hydrogen) atoms. The summed E-state index contributed by atoms with van der Waals surface area (Å²) < 4.78 is 5.58.